The lowest BCUT2D eigenvalue weighted by Gasteiger charge is -2.18. The summed E-state index contributed by atoms with van der Waals surface area (Å²) in [5.74, 6) is 0.0965. The Morgan fingerprint density at radius 1 is 1.31 bits per heavy atom. The predicted octanol–water partition coefficient (Wildman–Crippen LogP) is 2.13. The second kappa shape index (κ2) is 6.33. The molecule has 0 aliphatic rings. The Labute approximate surface area is 96.0 Å². The van der Waals surface area contributed by atoms with E-state index in [9.17, 15) is 4.39 Å². The molecule has 0 fully saturated rings. The van der Waals surface area contributed by atoms with Crippen LogP contribution in [0.2, 0.25) is 0 Å². The number of hydrogen-bond acceptors (Lipinski definition) is 3. The number of halogens is 1. The first-order chi connectivity index (χ1) is 7.67. The van der Waals surface area contributed by atoms with Crippen LogP contribution < -0.4 is 10.5 Å². The summed E-state index contributed by atoms with van der Waals surface area (Å²) in [7, 11) is 0. The highest BCUT2D eigenvalue weighted by atomic mass is 19.1. The van der Waals surface area contributed by atoms with Crippen LogP contribution in [0.4, 0.5) is 10.1 Å². The zero-order chi connectivity index (χ0) is 12.0. The van der Waals surface area contributed by atoms with E-state index in [0.29, 0.717) is 12.4 Å². The highest BCUT2D eigenvalue weighted by Crippen LogP contribution is 2.17. The molecule has 0 radical (unpaired) electrons. The van der Waals surface area contributed by atoms with E-state index in [1.165, 1.54) is 12.1 Å². The Bertz CT molecular complexity index is 327. The van der Waals surface area contributed by atoms with Crippen LogP contribution in [-0.4, -0.2) is 31.1 Å². The van der Waals surface area contributed by atoms with Crippen molar-refractivity contribution in [3.63, 3.8) is 0 Å². The molecule has 1 aromatic carbocycles. The van der Waals surface area contributed by atoms with Gasteiger partial charge in [0.15, 0.2) is 0 Å². The summed E-state index contributed by atoms with van der Waals surface area (Å²) in [6, 6.07) is 4.51. The van der Waals surface area contributed by atoms with Crippen LogP contribution in [0.25, 0.3) is 0 Å². The van der Waals surface area contributed by atoms with Crippen molar-refractivity contribution < 1.29 is 9.13 Å². The summed E-state index contributed by atoms with van der Waals surface area (Å²) in [5, 5.41) is 0. The maximum Gasteiger partial charge on any atom is 0.149 e. The number of ether oxygens (including phenoxy) is 1. The van der Waals surface area contributed by atoms with Crippen LogP contribution >= 0.6 is 0 Å². The summed E-state index contributed by atoms with van der Waals surface area (Å²) >= 11 is 0. The van der Waals surface area contributed by atoms with E-state index in [0.717, 1.165) is 19.6 Å². The van der Waals surface area contributed by atoms with E-state index >= 15 is 0 Å². The highest BCUT2D eigenvalue weighted by Gasteiger charge is 2.02. The molecule has 0 spiro atoms. The second-order valence-electron chi connectivity index (χ2n) is 3.56. The van der Waals surface area contributed by atoms with Gasteiger partial charge in [0.2, 0.25) is 0 Å². The molecule has 16 heavy (non-hydrogen) atoms. The minimum absolute atomic E-state index is 0.149. The molecule has 4 heteroatoms. The van der Waals surface area contributed by atoms with Gasteiger partial charge in [-0.25, -0.2) is 4.39 Å². The Morgan fingerprint density at radius 3 is 2.56 bits per heavy atom. The quantitative estimate of drug-likeness (QED) is 0.755. The molecule has 0 aromatic heterocycles. The van der Waals surface area contributed by atoms with Crippen LogP contribution in [0.5, 0.6) is 5.75 Å². The maximum atomic E-state index is 13.1. The van der Waals surface area contributed by atoms with E-state index in [-0.39, 0.29) is 5.69 Å². The van der Waals surface area contributed by atoms with Crippen molar-refractivity contribution in [3.05, 3.63) is 24.0 Å². The number of likely N-dealkylation sites (N-methyl/N-ethyl adjacent to an activating group) is 1. The summed E-state index contributed by atoms with van der Waals surface area (Å²) in [6.07, 6.45) is 0. The molecule has 0 heterocycles. The van der Waals surface area contributed by atoms with Crippen molar-refractivity contribution >= 4 is 5.69 Å². The Balaban J connectivity index is 2.40. The molecule has 1 aromatic rings. The monoisotopic (exact) mass is 226 g/mol. The first kappa shape index (κ1) is 12.8. The number of hydrogen-bond donors (Lipinski definition) is 1. The van der Waals surface area contributed by atoms with Gasteiger partial charge in [-0.15, -0.1) is 0 Å². The lowest BCUT2D eigenvalue weighted by Crippen LogP contribution is -2.27. The van der Waals surface area contributed by atoms with Gasteiger partial charge in [-0.3, -0.25) is 0 Å². The first-order valence-corrected chi connectivity index (χ1v) is 5.57. The zero-order valence-corrected chi connectivity index (χ0v) is 9.87. The molecule has 0 saturated carbocycles. The van der Waals surface area contributed by atoms with Crippen molar-refractivity contribution in [3.8, 4) is 5.75 Å². The molecular formula is C12H19FN2O. The van der Waals surface area contributed by atoms with Crippen molar-refractivity contribution in [1.29, 1.82) is 0 Å². The Kier molecular flexibility index (Phi) is 5.05. The van der Waals surface area contributed by atoms with E-state index in [1.807, 2.05) is 0 Å². The Morgan fingerprint density at radius 2 is 2.00 bits per heavy atom. The fourth-order valence-corrected chi connectivity index (χ4v) is 1.43. The van der Waals surface area contributed by atoms with Crippen LogP contribution in [0.3, 0.4) is 0 Å². The van der Waals surface area contributed by atoms with Crippen molar-refractivity contribution in [1.82, 2.24) is 4.90 Å². The van der Waals surface area contributed by atoms with E-state index in [1.54, 1.807) is 6.07 Å². The van der Waals surface area contributed by atoms with Gasteiger partial charge in [0.05, 0.1) is 5.69 Å². The summed E-state index contributed by atoms with van der Waals surface area (Å²) in [6.45, 7) is 7.61. The molecule has 0 amide bonds. The van der Waals surface area contributed by atoms with Crippen LogP contribution in [0.1, 0.15) is 13.8 Å². The van der Waals surface area contributed by atoms with Crippen molar-refractivity contribution in [2.75, 3.05) is 32.0 Å². The third kappa shape index (κ3) is 3.70. The van der Waals surface area contributed by atoms with E-state index in [4.69, 9.17) is 10.5 Å². The average molecular weight is 226 g/mol. The molecule has 0 saturated heterocycles. The molecule has 3 nitrogen and oxygen atoms in total. The molecular weight excluding hydrogens is 207 g/mol. The van der Waals surface area contributed by atoms with Crippen molar-refractivity contribution in [2.45, 2.75) is 13.8 Å². The Hall–Kier alpha value is -1.29. The number of nitrogens with zero attached hydrogens (tertiary/aromatic N) is 1. The second-order valence-corrected chi connectivity index (χ2v) is 3.56. The number of rotatable bonds is 6. The van der Waals surface area contributed by atoms with Gasteiger partial charge in [-0.1, -0.05) is 13.8 Å². The topological polar surface area (TPSA) is 38.5 Å². The van der Waals surface area contributed by atoms with E-state index < -0.39 is 5.82 Å². The molecule has 0 aliphatic carbocycles. The van der Waals surface area contributed by atoms with Gasteiger partial charge in [0.1, 0.15) is 18.2 Å². The van der Waals surface area contributed by atoms with Gasteiger partial charge in [0, 0.05) is 12.6 Å². The molecule has 0 bridgehead atoms. The van der Waals surface area contributed by atoms with Gasteiger partial charge in [-0.05, 0) is 25.2 Å². The lowest BCUT2D eigenvalue weighted by atomic mass is 10.3. The van der Waals surface area contributed by atoms with Crippen LogP contribution in [0.15, 0.2) is 18.2 Å². The average Bonchev–Trinajstić information content (AvgIpc) is 2.29. The highest BCUT2D eigenvalue weighted by molar-refractivity contribution is 5.43. The molecule has 0 atom stereocenters. The SMILES string of the molecule is CCN(CC)CCOc1ccc(N)c(F)c1. The number of benzene rings is 1. The van der Waals surface area contributed by atoms with Gasteiger partial charge in [0.25, 0.3) is 0 Å². The van der Waals surface area contributed by atoms with Gasteiger partial charge >= 0.3 is 0 Å². The zero-order valence-electron chi connectivity index (χ0n) is 9.87. The third-order valence-electron chi connectivity index (χ3n) is 2.54. The first-order valence-electron chi connectivity index (χ1n) is 5.57. The minimum atomic E-state index is -0.430. The maximum absolute atomic E-state index is 13.1. The molecule has 90 valence electrons. The van der Waals surface area contributed by atoms with Crippen LogP contribution in [-0.2, 0) is 0 Å². The minimum Gasteiger partial charge on any atom is -0.492 e. The van der Waals surface area contributed by atoms with Crippen molar-refractivity contribution in [2.24, 2.45) is 0 Å². The van der Waals surface area contributed by atoms with Crippen LogP contribution in [0, 0.1) is 5.82 Å². The molecule has 2 N–H and O–H groups in total. The van der Waals surface area contributed by atoms with E-state index in [2.05, 4.69) is 18.7 Å². The summed E-state index contributed by atoms with van der Waals surface area (Å²) < 4.78 is 18.5. The summed E-state index contributed by atoms with van der Waals surface area (Å²) in [4.78, 5) is 2.24. The molecule has 0 aliphatic heterocycles. The summed E-state index contributed by atoms with van der Waals surface area (Å²) in [5.41, 5.74) is 5.52. The largest absolute Gasteiger partial charge is 0.492 e. The standard InChI is InChI=1S/C12H19FN2O/c1-3-15(4-2)7-8-16-10-5-6-12(14)11(13)9-10/h5-6,9H,3-4,7-8,14H2,1-2H3. The predicted molar refractivity (Wildman–Crippen MR) is 64.1 cm³/mol. The number of anilines is 1. The fraction of sp³-hybridized carbons (Fsp3) is 0.500. The lowest BCUT2D eigenvalue weighted by molar-refractivity contribution is 0.222. The molecule has 1 rings (SSSR count). The number of nitrogens with two attached hydrogens (primary N) is 1. The third-order valence-corrected chi connectivity index (χ3v) is 2.54. The smallest absolute Gasteiger partial charge is 0.149 e. The molecule has 0 unspecified atom stereocenters. The number of nitrogen functional groups attached to an aromatic ring is 1. The van der Waals surface area contributed by atoms with Gasteiger partial charge < -0.3 is 15.4 Å². The normalized spacial score (nSPS) is 10.8. The fourth-order valence-electron chi connectivity index (χ4n) is 1.43. The van der Waals surface area contributed by atoms with Gasteiger partial charge in [-0.2, -0.15) is 0 Å².